The number of carbonyl (C=O) groups is 1. The van der Waals surface area contributed by atoms with Crippen molar-refractivity contribution in [1.29, 1.82) is 0 Å². The van der Waals surface area contributed by atoms with Crippen molar-refractivity contribution in [3.05, 3.63) is 40.4 Å². The van der Waals surface area contributed by atoms with Crippen molar-refractivity contribution >= 4 is 26.6 Å². The van der Waals surface area contributed by atoms with Crippen LogP contribution in [0.2, 0.25) is 0 Å². The highest BCUT2D eigenvalue weighted by atomic mass is 32.2. The summed E-state index contributed by atoms with van der Waals surface area (Å²) < 4.78 is 26.0. The molecule has 0 unspecified atom stereocenters. The summed E-state index contributed by atoms with van der Waals surface area (Å²) in [6.45, 7) is 4.07. The molecule has 8 nitrogen and oxygen atoms in total. The van der Waals surface area contributed by atoms with Gasteiger partial charge < -0.3 is 9.47 Å². The summed E-state index contributed by atoms with van der Waals surface area (Å²) in [4.78, 5) is 33.5. The molecule has 0 bridgehead atoms. The topological polar surface area (TPSA) is 92.6 Å². The number of aromatic nitrogens is 2. The first-order valence-corrected chi connectivity index (χ1v) is 11.3. The van der Waals surface area contributed by atoms with Crippen LogP contribution in [-0.2, 0) is 16.9 Å². The number of nitrogens with zero attached hydrogens (tertiary/aromatic N) is 4. The molecule has 2 saturated heterocycles. The van der Waals surface area contributed by atoms with E-state index in [-0.39, 0.29) is 35.1 Å². The Morgan fingerprint density at radius 2 is 1.96 bits per heavy atom. The first-order chi connectivity index (χ1) is 13.3. The van der Waals surface area contributed by atoms with E-state index in [0.29, 0.717) is 29.6 Å². The average molecular weight is 404 g/mol. The molecule has 1 amide bonds. The predicted molar refractivity (Wildman–Crippen MR) is 106 cm³/mol. The fraction of sp³-hybridized carbons (Fsp3) is 0.526. The van der Waals surface area contributed by atoms with Gasteiger partial charge in [-0.1, -0.05) is 6.92 Å². The second kappa shape index (κ2) is 6.97. The van der Waals surface area contributed by atoms with Gasteiger partial charge in [0, 0.05) is 31.7 Å². The molecule has 0 radical (unpaired) electrons. The third-order valence-electron chi connectivity index (χ3n) is 5.73. The third kappa shape index (κ3) is 3.22. The van der Waals surface area contributed by atoms with Crippen molar-refractivity contribution in [1.82, 2.24) is 19.4 Å². The van der Waals surface area contributed by atoms with Crippen LogP contribution in [0.1, 0.15) is 23.7 Å². The van der Waals surface area contributed by atoms with E-state index in [0.717, 1.165) is 13.0 Å². The van der Waals surface area contributed by atoms with Crippen LogP contribution in [0.5, 0.6) is 0 Å². The van der Waals surface area contributed by atoms with Gasteiger partial charge >= 0.3 is 0 Å². The van der Waals surface area contributed by atoms with Gasteiger partial charge in [-0.2, -0.15) is 0 Å². The van der Waals surface area contributed by atoms with Crippen LogP contribution in [0.15, 0.2) is 29.3 Å². The van der Waals surface area contributed by atoms with E-state index < -0.39 is 9.84 Å². The molecule has 9 heteroatoms. The monoisotopic (exact) mass is 404 g/mol. The molecule has 0 spiro atoms. The van der Waals surface area contributed by atoms with Crippen molar-refractivity contribution in [3.8, 4) is 0 Å². The number of sulfone groups is 1. The molecule has 2 aliphatic heterocycles. The summed E-state index contributed by atoms with van der Waals surface area (Å²) in [5, 5.41) is 0.454. The maximum absolute atomic E-state index is 13.2. The Hall–Kier alpha value is -2.26. The number of piperazine rings is 1. The van der Waals surface area contributed by atoms with Gasteiger partial charge in [0.05, 0.1) is 34.8 Å². The molecule has 1 aromatic carbocycles. The Bertz CT molecular complexity index is 1090. The molecule has 4 rings (SSSR count). The largest absolute Gasteiger partial charge is 0.332 e. The zero-order valence-electron chi connectivity index (χ0n) is 16.0. The van der Waals surface area contributed by atoms with Gasteiger partial charge in [0.25, 0.3) is 11.5 Å². The summed E-state index contributed by atoms with van der Waals surface area (Å²) in [7, 11) is -1.54. The highest BCUT2D eigenvalue weighted by molar-refractivity contribution is 7.91. The lowest BCUT2D eigenvalue weighted by molar-refractivity contribution is 0.0333. The zero-order chi connectivity index (χ0) is 20.1. The van der Waals surface area contributed by atoms with Crippen LogP contribution in [0, 0.1) is 0 Å². The number of carbonyl (C=O) groups excluding carboxylic acids is 1. The Morgan fingerprint density at radius 1 is 1.21 bits per heavy atom. The first-order valence-electron chi connectivity index (χ1n) is 9.51. The predicted octanol–water partition coefficient (Wildman–Crippen LogP) is 0.267. The highest BCUT2D eigenvalue weighted by Gasteiger charge is 2.47. The SMILES string of the molecule is CCCN1CCN(C(=O)c2ccc3c(=O)n(C)cnc3c2)[C@H]2CS(=O)(=O)C[C@H]21. The molecule has 2 atom stereocenters. The van der Waals surface area contributed by atoms with Crippen LogP contribution >= 0.6 is 0 Å². The lowest BCUT2D eigenvalue weighted by Gasteiger charge is -2.43. The van der Waals surface area contributed by atoms with E-state index in [4.69, 9.17) is 0 Å². The van der Waals surface area contributed by atoms with Crippen molar-refractivity contribution in [2.75, 3.05) is 31.1 Å². The molecule has 2 aliphatic rings. The lowest BCUT2D eigenvalue weighted by Crippen LogP contribution is -2.60. The maximum atomic E-state index is 13.2. The van der Waals surface area contributed by atoms with Crippen molar-refractivity contribution < 1.29 is 13.2 Å². The Morgan fingerprint density at radius 3 is 2.71 bits per heavy atom. The normalized spacial score (nSPS) is 24.4. The lowest BCUT2D eigenvalue weighted by atomic mass is 10.0. The number of benzene rings is 1. The smallest absolute Gasteiger partial charge is 0.260 e. The number of fused-ring (bicyclic) bond motifs is 2. The first kappa shape index (κ1) is 19.1. The van der Waals surface area contributed by atoms with E-state index in [2.05, 4.69) is 16.8 Å². The third-order valence-corrected chi connectivity index (χ3v) is 7.43. The van der Waals surface area contributed by atoms with Gasteiger partial charge in [-0.3, -0.25) is 14.5 Å². The van der Waals surface area contributed by atoms with Gasteiger partial charge in [0.15, 0.2) is 9.84 Å². The van der Waals surface area contributed by atoms with Gasteiger partial charge in [0.1, 0.15) is 0 Å². The molecule has 28 heavy (non-hydrogen) atoms. The summed E-state index contributed by atoms with van der Waals surface area (Å²) in [6.07, 6.45) is 2.38. The van der Waals surface area contributed by atoms with E-state index >= 15 is 0 Å². The van der Waals surface area contributed by atoms with Crippen molar-refractivity contribution in [2.45, 2.75) is 25.4 Å². The molecular weight excluding hydrogens is 380 g/mol. The van der Waals surface area contributed by atoms with E-state index in [1.54, 1.807) is 30.1 Å². The van der Waals surface area contributed by atoms with Crippen LogP contribution in [0.3, 0.4) is 0 Å². The Balaban J connectivity index is 1.67. The molecule has 2 aromatic rings. The van der Waals surface area contributed by atoms with Crippen molar-refractivity contribution in [2.24, 2.45) is 7.05 Å². The second-order valence-electron chi connectivity index (χ2n) is 7.64. The van der Waals surface area contributed by atoms with Crippen LogP contribution in [0.25, 0.3) is 10.9 Å². The summed E-state index contributed by atoms with van der Waals surface area (Å²) in [5.74, 6) is -0.0835. The minimum absolute atomic E-state index is 0.00992. The summed E-state index contributed by atoms with van der Waals surface area (Å²) >= 11 is 0. The van der Waals surface area contributed by atoms with Gasteiger partial charge in [-0.25, -0.2) is 13.4 Å². The number of aryl methyl sites for hydroxylation is 1. The number of rotatable bonds is 3. The van der Waals surface area contributed by atoms with Crippen LogP contribution in [-0.4, -0.2) is 76.9 Å². The standard InChI is InChI=1S/C19H24N4O4S/c1-3-6-22-7-8-23(17-11-28(26,27)10-16(17)22)18(24)13-4-5-14-15(9-13)20-12-21(2)19(14)25/h4-5,9,12,16-17H,3,6-8,10-11H2,1-2H3/t16-,17+/m1/s1. The molecular formula is C19H24N4O4S. The molecule has 2 fully saturated rings. The van der Waals surface area contributed by atoms with Crippen LogP contribution in [0.4, 0.5) is 0 Å². The Labute approximate surface area is 163 Å². The summed E-state index contributed by atoms with van der Waals surface area (Å²) in [6, 6.07) is 4.40. The molecule has 0 aliphatic carbocycles. The molecule has 0 saturated carbocycles. The van der Waals surface area contributed by atoms with Gasteiger partial charge in [-0.15, -0.1) is 0 Å². The average Bonchev–Trinajstić information content (AvgIpc) is 3.00. The molecule has 1 aromatic heterocycles. The minimum Gasteiger partial charge on any atom is -0.332 e. The Kier molecular flexibility index (Phi) is 4.75. The number of hydrogen-bond donors (Lipinski definition) is 0. The van der Waals surface area contributed by atoms with Crippen molar-refractivity contribution in [3.63, 3.8) is 0 Å². The fourth-order valence-electron chi connectivity index (χ4n) is 4.35. The number of amides is 1. The molecule has 0 N–H and O–H groups in total. The fourth-order valence-corrected chi connectivity index (χ4v) is 6.36. The van der Waals surface area contributed by atoms with E-state index in [9.17, 15) is 18.0 Å². The summed E-state index contributed by atoms with van der Waals surface area (Å²) in [5.41, 5.74) is 0.730. The maximum Gasteiger partial charge on any atom is 0.260 e. The zero-order valence-corrected chi connectivity index (χ0v) is 16.9. The van der Waals surface area contributed by atoms with Gasteiger partial charge in [0.2, 0.25) is 0 Å². The molecule has 150 valence electrons. The van der Waals surface area contributed by atoms with Crippen LogP contribution < -0.4 is 5.56 Å². The van der Waals surface area contributed by atoms with E-state index in [1.165, 1.54) is 10.9 Å². The van der Waals surface area contributed by atoms with E-state index in [1.807, 2.05) is 0 Å². The highest BCUT2D eigenvalue weighted by Crippen LogP contribution is 2.28. The van der Waals surface area contributed by atoms with Gasteiger partial charge in [-0.05, 0) is 31.2 Å². The number of hydrogen-bond acceptors (Lipinski definition) is 6. The second-order valence-corrected chi connectivity index (χ2v) is 9.79. The minimum atomic E-state index is -3.17. The molecule has 3 heterocycles. The quantitative estimate of drug-likeness (QED) is 0.729.